The van der Waals surface area contributed by atoms with Gasteiger partial charge in [0.1, 0.15) is 12.4 Å². The molecule has 0 radical (unpaired) electrons. The van der Waals surface area contributed by atoms with Crippen molar-refractivity contribution in [3.63, 3.8) is 0 Å². The van der Waals surface area contributed by atoms with Crippen LogP contribution in [0.15, 0.2) is 17.3 Å². The van der Waals surface area contributed by atoms with E-state index in [4.69, 9.17) is 10.6 Å². The van der Waals surface area contributed by atoms with E-state index in [1.165, 1.54) is 24.1 Å². The molecule has 4 rings (SSSR count). The van der Waals surface area contributed by atoms with E-state index in [9.17, 15) is 4.79 Å². The molecule has 4 fully saturated rings. The summed E-state index contributed by atoms with van der Waals surface area (Å²) in [6.45, 7) is 10.6. The highest BCUT2D eigenvalue weighted by molar-refractivity contribution is 5.87. The van der Waals surface area contributed by atoms with Gasteiger partial charge in [-0.15, -0.1) is 0 Å². The van der Waals surface area contributed by atoms with Crippen molar-refractivity contribution in [2.24, 2.45) is 45.4 Å². The van der Waals surface area contributed by atoms with E-state index >= 15 is 0 Å². The SMILES string of the molecule is C=C1CC2C/C(=N\OCCCN)CC[C@]2(C)[C@H]2CC[C@]3(C)C(=O)CC[C@H]3[C@H]12. The first kappa shape index (κ1) is 19.2. The highest BCUT2D eigenvalue weighted by Crippen LogP contribution is 2.66. The Kier molecular flexibility index (Phi) is 4.99. The van der Waals surface area contributed by atoms with Crippen LogP contribution in [0.3, 0.4) is 0 Å². The van der Waals surface area contributed by atoms with Crippen LogP contribution < -0.4 is 5.73 Å². The Labute approximate surface area is 164 Å². The zero-order valence-corrected chi connectivity index (χ0v) is 17.1. The minimum absolute atomic E-state index is 0.0780. The fourth-order valence-electron chi connectivity index (χ4n) is 7.07. The summed E-state index contributed by atoms with van der Waals surface area (Å²) in [5.74, 6) is 2.91. The number of nitrogens with zero attached hydrogens (tertiary/aromatic N) is 1. The zero-order valence-electron chi connectivity index (χ0n) is 17.1. The molecule has 27 heavy (non-hydrogen) atoms. The van der Waals surface area contributed by atoms with Crippen molar-refractivity contribution in [3.05, 3.63) is 12.2 Å². The molecule has 0 saturated heterocycles. The number of carbonyl (C=O) groups is 1. The number of oxime groups is 1. The topological polar surface area (TPSA) is 64.7 Å². The maximum Gasteiger partial charge on any atom is 0.139 e. The number of nitrogens with two attached hydrogens (primary N) is 1. The van der Waals surface area contributed by atoms with Crippen molar-refractivity contribution in [2.45, 2.75) is 71.6 Å². The molecule has 0 aliphatic heterocycles. The second kappa shape index (κ2) is 7.02. The van der Waals surface area contributed by atoms with Crippen molar-refractivity contribution in [1.82, 2.24) is 0 Å². The lowest BCUT2D eigenvalue weighted by Crippen LogP contribution is -2.54. The van der Waals surface area contributed by atoms with Gasteiger partial charge in [0, 0.05) is 11.8 Å². The number of hydrogen-bond acceptors (Lipinski definition) is 4. The second-order valence-corrected chi connectivity index (χ2v) is 10.1. The number of fused-ring (bicyclic) bond motifs is 5. The Morgan fingerprint density at radius 2 is 2.00 bits per heavy atom. The van der Waals surface area contributed by atoms with Crippen LogP contribution in [0, 0.1) is 34.5 Å². The molecule has 4 saturated carbocycles. The molecule has 0 aromatic rings. The van der Waals surface area contributed by atoms with Gasteiger partial charge in [-0.1, -0.05) is 31.2 Å². The molecule has 4 aliphatic rings. The van der Waals surface area contributed by atoms with E-state index in [1.807, 2.05) is 0 Å². The molecule has 4 nitrogen and oxygen atoms in total. The van der Waals surface area contributed by atoms with Crippen molar-refractivity contribution in [2.75, 3.05) is 13.2 Å². The van der Waals surface area contributed by atoms with Gasteiger partial charge in [-0.25, -0.2) is 0 Å². The van der Waals surface area contributed by atoms with Crippen LogP contribution in [0.25, 0.3) is 0 Å². The van der Waals surface area contributed by atoms with Crippen LogP contribution in [-0.2, 0) is 9.63 Å². The average Bonchev–Trinajstić information content (AvgIpc) is 2.95. The van der Waals surface area contributed by atoms with Gasteiger partial charge >= 0.3 is 0 Å². The van der Waals surface area contributed by atoms with E-state index in [0.29, 0.717) is 48.0 Å². The molecular formula is C23H36N2O2. The minimum Gasteiger partial charge on any atom is -0.396 e. The molecular weight excluding hydrogens is 336 g/mol. The largest absolute Gasteiger partial charge is 0.396 e. The van der Waals surface area contributed by atoms with Crippen LogP contribution in [0.5, 0.6) is 0 Å². The number of ketones is 1. The van der Waals surface area contributed by atoms with Gasteiger partial charge in [-0.05, 0) is 87.0 Å². The zero-order chi connectivity index (χ0) is 19.2. The Balaban J connectivity index is 1.52. The summed E-state index contributed by atoms with van der Waals surface area (Å²) in [4.78, 5) is 18.1. The van der Waals surface area contributed by atoms with Crippen molar-refractivity contribution < 1.29 is 9.63 Å². The predicted molar refractivity (Wildman–Crippen MR) is 108 cm³/mol. The number of carbonyl (C=O) groups excluding carboxylic acids is 1. The van der Waals surface area contributed by atoms with Gasteiger partial charge in [0.15, 0.2) is 0 Å². The van der Waals surface area contributed by atoms with Gasteiger partial charge in [0.2, 0.25) is 0 Å². The monoisotopic (exact) mass is 372 g/mol. The van der Waals surface area contributed by atoms with Crippen LogP contribution >= 0.6 is 0 Å². The summed E-state index contributed by atoms with van der Waals surface area (Å²) in [5, 5.41) is 4.43. The average molecular weight is 373 g/mol. The molecule has 0 aromatic carbocycles. The van der Waals surface area contributed by atoms with Gasteiger partial charge in [0.05, 0.1) is 5.71 Å². The number of Topliss-reactive ketones (excluding diaryl/α,β-unsaturated/α-hetero) is 1. The van der Waals surface area contributed by atoms with Crippen molar-refractivity contribution in [1.29, 1.82) is 0 Å². The highest BCUT2D eigenvalue weighted by Gasteiger charge is 2.61. The second-order valence-electron chi connectivity index (χ2n) is 10.1. The maximum absolute atomic E-state index is 12.6. The first-order chi connectivity index (χ1) is 12.9. The molecule has 0 bridgehead atoms. The molecule has 150 valence electrons. The first-order valence-corrected chi connectivity index (χ1v) is 11.0. The molecule has 0 heterocycles. The van der Waals surface area contributed by atoms with Crippen LogP contribution in [0.2, 0.25) is 0 Å². The summed E-state index contributed by atoms with van der Waals surface area (Å²) in [6, 6.07) is 0. The molecule has 6 atom stereocenters. The molecule has 0 spiro atoms. The van der Waals surface area contributed by atoms with Gasteiger partial charge < -0.3 is 10.6 Å². The number of rotatable bonds is 4. The lowest BCUT2D eigenvalue weighted by Gasteiger charge is -2.60. The Morgan fingerprint density at radius 1 is 1.19 bits per heavy atom. The Hall–Kier alpha value is -1.16. The fraction of sp³-hybridized carbons (Fsp3) is 0.826. The smallest absolute Gasteiger partial charge is 0.139 e. The number of allylic oxidation sites excluding steroid dienone is 1. The molecule has 4 heteroatoms. The van der Waals surface area contributed by atoms with E-state index in [1.54, 1.807) is 0 Å². The van der Waals surface area contributed by atoms with Gasteiger partial charge in [-0.3, -0.25) is 4.79 Å². The van der Waals surface area contributed by atoms with Crippen molar-refractivity contribution >= 4 is 11.5 Å². The molecule has 0 aromatic heterocycles. The summed E-state index contributed by atoms with van der Waals surface area (Å²) < 4.78 is 0. The standard InChI is InChI=1S/C23H36N2O2/c1-15-13-16-14-17(25-27-12-4-11-24)7-9-22(16,2)19-8-10-23(3)18(21(15)19)5-6-20(23)26/h16,18-19,21H,1,4-14,24H2,2-3H3/b25-17-/t16?,18-,19-,21-,22-,23-/m0/s1. The van der Waals surface area contributed by atoms with Gasteiger partial charge in [0.25, 0.3) is 0 Å². The quantitative estimate of drug-likeness (QED) is 0.449. The van der Waals surface area contributed by atoms with Gasteiger partial charge in [-0.2, -0.15) is 0 Å². The van der Waals surface area contributed by atoms with Crippen LogP contribution in [0.4, 0.5) is 0 Å². The normalized spacial score (nSPS) is 45.4. The van der Waals surface area contributed by atoms with E-state index in [-0.39, 0.29) is 5.41 Å². The highest BCUT2D eigenvalue weighted by atomic mass is 16.6. The summed E-state index contributed by atoms with van der Waals surface area (Å²) in [6.07, 6.45) is 9.38. The summed E-state index contributed by atoms with van der Waals surface area (Å²) >= 11 is 0. The first-order valence-electron chi connectivity index (χ1n) is 11.0. The third kappa shape index (κ3) is 2.99. The Morgan fingerprint density at radius 3 is 2.78 bits per heavy atom. The Bertz CT molecular complexity index is 657. The van der Waals surface area contributed by atoms with Crippen molar-refractivity contribution in [3.8, 4) is 0 Å². The third-order valence-electron chi connectivity index (χ3n) is 8.81. The summed E-state index contributed by atoms with van der Waals surface area (Å²) in [5.41, 5.74) is 8.44. The third-order valence-corrected chi connectivity index (χ3v) is 8.81. The minimum atomic E-state index is -0.0780. The fourth-order valence-corrected chi connectivity index (χ4v) is 7.07. The van der Waals surface area contributed by atoms with Crippen LogP contribution in [-0.4, -0.2) is 24.6 Å². The molecule has 4 aliphatic carbocycles. The summed E-state index contributed by atoms with van der Waals surface area (Å²) in [7, 11) is 0. The number of hydrogen-bond donors (Lipinski definition) is 1. The van der Waals surface area contributed by atoms with E-state index in [0.717, 1.165) is 44.9 Å². The maximum atomic E-state index is 12.6. The lowest BCUT2D eigenvalue weighted by molar-refractivity contribution is -0.133. The van der Waals surface area contributed by atoms with E-state index < -0.39 is 0 Å². The van der Waals surface area contributed by atoms with Crippen LogP contribution in [0.1, 0.15) is 71.6 Å². The molecule has 2 N–H and O–H groups in total. The van der Waals surface area contributed by atoms with E-state index in [2.05, 4.69) is 25.6 Å². The predicted octanol–water partition coefficient (Wildman–Crippen LogP) is 4.49. The molecule has 0 amide bonds. The molecule has 1 unspecified atom stereocenters. The lowest BCUT2D eigenvalue weighted by atomic mass is 9.44.